The maximum Gasteiger partial charge on any atom is 0.340 e. The topological polar surface area (TPSA) is 52.6 Å². The summed E-state index contributed by atoms with van der Waals surface area (Å²) in [5, 5.41) is 0. The van der Waals surface area contributed by atoms with Crippen molar-refractivity contribution in [1.82, 2.24) is 0 Å². The average molecular weight is 328 g/mol. The summed E-state index contributed by atoms with van der Waals surface area (Å²) in [4.78, 5) is 22.3. The highest BCUT2D eigenvalue weighted by atomic mass is 19.3. The molecule has 0 aliphatic rings. The number of allylic oxidation sites excluding steroid dienone is 1. The predicted octanol–water partition coefficient (Wildman–Crippen LogP) is 3.50. The fraction of sp³-hybridized carbons (Fsp3) is 0.714. The number of halogens is 4. The second kappa shape index (κ2) is 11.0. The molecule has 0 atom stereocenters. The standard InChI is InChI=1S/C14H20F4O4/c1-2-3-4-5-9-21-11(19)7-6-8-12(20)22-10-14(17,18)13(15)16/h3-4,13H,2,5-10H2,1H3/b4-3-. The lowest BCUT2D eigenvalue weighted by molar-refractivity contribution is -0.179. The number of hydrogen-bond acceptors (Lipinski definition) is 4. The maximum atomic E-state index is 12.5. The van der Waals surface area contributed by atoms with E-state index in [2.05, 4.69) is 4.74 Å². The number of ether oxygens (including phenoxy) is 2. The highest BCUT2D eigenvalue weighted by molar-refractivity contribution is 5.72. The van der Waals surface area contributed by atoms with Crippen LogP contribution < -0.4 is 0 Å². The first-order valence-corrected chi connectivity index (χ1v) is 6.91. The van der Waals surface area contributed by atoms with Gasteiger partial charge in [0.15, 0.2) is 6.61 Å². The Kier molecular flexibility index (Phi) is 10.2. The Morgan fingerprint density at radius 1 is 1.09 bits per heavy atom. The van der Waals surface area contributed by atoms with Gasteiger partial charge in [0.2, 0.25) is 0 Å². The molecule has 0 aromatic rings. The summed E-state index contributed by atoms with van der Waals surface area (Å²) in [7, 11) is 0. The van der Waals surface area contributed by atoms with Crippen molar-refractivity contribution in [1.29, 1.82) is 0 Å². The third-order valence-electron chi connectivity index (χ3n) is 2.46. The van der Waals surface area contributed by atoms with Crippen LogP contribution in [0.25, 0.3) is 0 Å². The molecule has 0 spiro atoms. The van der Waals surface area contributed by atoms with E-state index in [1.54, 1.807) is 0 Å². The number of rotatable bonds is 11. The molecule has 0 aliphatic carbocycles. The van der Waals surface area contributed by atoms with Gasteiger partial charge in [-0.15, -0.1) is 0 Å². The molecule has 0 heterocycles. The van der Waals surface area contributed by atoms with Crippen molar-refractivity contribution in [2.45, 2.75) is 51.4 Å². The number of carbonyl (C=O) groups excluding carboxylic acids is 2. The zero-order valence-corrected chi connectivity index (χ0v) is 12.3. The van der Waals surface area contributed by atoms with Crippen LogP contribution in [0.3, 0.4) is 0 Å². The second-order valence-corrected chi connectivity index (χ2v) is 4.46. The molecule has 0 fully saturated rings. The predicted molar refractivity (Wildman–Crippen MR) is 70.8 cm³/mol. The molecule has 0 bridgehead atoms. The molecule has 0 saturated carbocycles. The van der Waals surface area contributed by atoms with Gasteiger partial charge in [0.1, 0.15) is 0 Å². The van der Waals surface area contributed by atoms with Crippen molar-refractivity contribution < 1.29 is 36.6 Å². The molecule has 4 nitrogen and oxygen atoms in total. The highest BCUT2D eigenvalue weighted by Gasteiger charge is 2.42. The van der Waals surface area contributed by atoms with Crippen LogP contribution in [0.5, 0.6) is 0 Å². The van der Waals surface area contributed by atoms with Crippen molar-refractivity contribution in [2.24, 2.45) is 0 Å². The highest BCUT2D eigenvalue weighted by Crippen LogP contribution is 2.23. The van der Waals surface area contributed by atoms with Gasteiger partial charge in [0.25, 0.3) is 0 Å². The lowest BCUT2D eigenvalue weighted by Gasteiger charge is -2.14. The van der Waals surface area contributed by atoms with E-state index >= 15 is 0 Å². The molecule has 22 heavy (non-hydrogen) atoms. The zero-order valence-electron chi connectivity index (χ0n) is 12.3. The van der Waals surface area contributed by atoms with Crippen molar-refractivity contribution in [2.75, 3.05) is 13.2 Å². The van der Waals surface area contributed by atoms with E-state index in [4.69, 9.17) is 4.74 Å². The summed E-state index contributed by atoms with van der Waals surface area (Å²) in [6.07, 6.45) is 1.04. The molecule has 128 valence electrons. The molecule has 0 amide bonds. The van der Waals surface area contributed by atoms with Crippen LogP contribution in [0.2, 0.25) is 0 Å². The van der Waals surface area contributed by atoms with Gasteiger partial charge in [0.05, 0.1) is 6.61 Å². The maximum absolute atomic E-state index is 12.5. The molecule has 8 heteroatoms. The fourth-order valence-electron chi connectivity index (χ4n) is 1.29. The van der Waals surface area contributed by atoms with Gasteiger partial charge in [-0.25, -0.2) is 8.78 Å². The average Bonchev–Trinajstić information content (AvgIpc) is 2.45. The van der Waals surface area contributed by atoms with E-state index in [0.717, 1.165) is 6.42 Å². The SMILES string of the molecule is CC/C=C\CCOC(=O)CCCC(=O)OCC(F)(F)C(F)F. The van der Waals surface area contributed by atoms with Gasteiger partial charge >= 0.3 is 24.3 Å². The monoisotopic (exact) mass is 328 g/mol. The van der Waals surface area contributed by atoms with Crippen LogP contribution in [0.15, 0.2) is 12.2 Å². The molecule has 0 aromatic heterocycles. The number of hydrogen-bond donors (Lipinski definition) is 0. The molecule has 0 aliphatic heterocycles. The smallest absolute Gasteiger partial charge is 0.340 e. The molecule has 0 saturated heterocycles. The molecule has 0 aromatic carbocycles. The molecule has 0 rings (SSSR count). The third kappa shape index (κ3) is 10.2. The summed E-state index contributed by atoms with van der Waals surface area (Å²) in [6, 6.07) is 0. The first-order valence-electron chi connectivity index (χ1n) is 6.91. The van der Waals surface area contributed by atoms with Crippen LogP contribution in [0, 0.1) is 0 Å². The van der Waals surface area contributed by atoms with E-state index in [9.17, 15) is 27.2 Å². The zero-order chi connectivity index (χ0) is 17.0. The Balaban J connectivity index is 3.71. The van der Waals surface area contributed by atoms with Crippen LogP contribution in [0.4, 0.5) is 17.6 Å². The van der Waals surface area contributed by atoms with Crippen LogP contribution >= 0.6 is 0 Å². The molecule has 0 radical (unpaired) electrons. The Bertz CT molecular complexity index is 370. The summed E-state index contributed by atoms with van der Waals surface area (Å²) in [6.45, 7) is 0.525. The molecular weight excluding hydrogens is 308 g/mol. The van der Waals surface area contributed by atoms with Crippen molar-refractivity contribution in [3.63, 3.8) is 0 Å². The Morgan fingerprint density at radius 3 is 2.23 bits per heavy atom. The van der Waals surface area contributed by atoms with Gasteiger partial charge in [-0.3, -0.25) is 9.59 Å². The Morgan fingerprint density at radius 2 is 1.68 bits per heavy atom. The molecule has 0 N–H and O–H groups in total. The summed E-state index contributed by atoms with van der Waals surface area (Å²) < 4.78 is 57.5. The van der Waals surface area contributed by atoms with Gasteiger partial charge in [-0.05, 0) is 19.3 Å². The number of esters is 2. The first kappa shape index (κ1) is 20.4. The second-order valence-electron chi connectivity index (χ2n) is 4.46. The van der Waals surface area contributed by atoms with Gasteiger partial charge in [-0.1, -0.05) is 19.1 Å². The Hall–Kier alpha value is -1.60. The van der Waals surface area contributed by atoms with Gasteiger partial charge in [-0.2, -0.15) is 8.78 Å². The van der Waals surface area contributed by atoms with E-state index in [0.29, 0.717) is 6.42 Å². The minimum Gasteiger partial charge on any atom is -0.465 e. The molecular formula is C14H20F4O4. The third-order valence-corrected chi connectivity index (χ3v) is 2.46. The van der Waals surface area contributed by atoms with E-state index in [1.165, 1.54) is 0 Å². The minimum absolute atomic E-state index is 0.0444. The molecule has 0 unspecified atom stereocenters. The Labute approximate surface area is 126 Å². The van der Waals surface area contributed by atoms with E-state index in [1.807, 2.05) is 19.1 Å². The number of alkyl halides is 4. The normalized spacial score (nSPS) is 11.9. The number of carbonyl (C=O) groups is 2. The van der Waals surface area contributed by atoms with Gasteiger partial charge in [0, 0.05) is 12.8 Å². The minimum atomic E-state index is -4.36. The lowest BCUT2D eigenvalue weighted by Crippen LogP contribution is -2.33. The lowest BCUT2D eigenvalue weighted by atomic mass is 10.2. The van der Waals surface area contributed by atoms with E-state index in [-0.39, 0.29) is 25.9 Å². The van der Waals surface area contributed by atoms with Crippen LogP contribution in [-0.2, 0) is 19.1 Å². The largest absolute Gasteiger partial charge is 0.465 e. The van der Waals surface area contributed by atoms with Gasteiger partial charge < -0.3 is 9.47 Å². The van der Waals surface area contributed by atoms with Crippen LogP contribution in [-0.4, -0.2) is 37.5 Å². The first-order chi connectivity index (χ1) is 10.3. The summed E-state index contributed by atoms with van der Waals surface area (Å²) in [5.41, 5.74) is 0. The van der Waals surface area contributed by atoms with E-state index < -0.39 is 30.9 Å². The van der Waals surface area contributed by atoms with Crippen molar-refractivity contribution in [3.05, 3.63) is 12.2 Å². The van der Waals surface area contributed by atoms with Crippen molar-refractivity contribution in [3.8, 4) is 0 Å². The fourth-order valence-corrected chi connectivity index (χ4v) is 1.29. The quantitative estimate of drug-likeness (QED) is 0.252. The summed E-state index contributed by atoms with van der Waals surface area (Å²) in [5.74, 6) is -5.93. The van der Waals surface area contributed by atoms with Crippen molar-refractivity contribution >= 4 is 11.9 Å². The summed E-state index contributed by atoms with van der Waals surface area (Å²) >= 11 is 0. The van der Waals surface area contributed by atoms with Crippen LogP contribution in [0.1, 0.15) is 39.0 Å².